The number of carbonyl (C=O) groups is 2. The molecule has 2 heterocycles. The van der Waals surface area contributed by atoms with E-state index in [2.05, 4.69) is 6.92 Å². The normalized spacial score (nSPS) is 17.3. The van der Waals surface area contributed by atoms with Gasteiger partial charge in [-0.2, -0.15) is 0 Å². The lowest BCUT2D eigenvalue weighted by molar-refractivity contribution is -0.121. The molecule has 0 saturated carbocycles. The number of anilines is 1. The number of nitrogens with zero attached hydrogens (tertiary/aromatic N) is 2. The molecule has 5 nitrogen and oxygen atoms in total. The minimum Gasteiger partial charge on any atom is -0.378 e. The molecule has 30 heavy (non-hydrogen) atoms. The summed E-state index contributed by atoms with van der Waals surface area (Å²) in [4.78, 5) is 30.2. The maximum Gasteiger partial charge on any atom is 0.282 e. The summed E-state index contributed by atoms with van der Waals surface area (Å²) in [6, 6.07) is 14.8. The number of halogens is 1. The molecule has 0 aliphatic carbocycles. The van der Waals surface area contributed by atoms with Crippen LogP contribution in [-0.2, 0) is 20.7 Å². The van der Waals surface area contributed by atoms with Gasteiger partial charge in [-0.3, -0.25) is 9.59 Å². The van der Waals surface area contributed by atoms with E-state index in [1.165, 1.54) is 10.5 Å². The third-order valence-corrected chi connectivity index (χ3v) is 5.79. The number of rotatable bonds is 6. The molecule has 0 unspecified atom stereocenters. The van der Waals surface area contributed by atoms with Crippen LogP contribution < -0.4 is 4.90 Å². The summed E-state index contributed by atoms with van der Waals surface area (Å²) in [6.45, 7) is 4.38. The van der Waals surface area contributed by atoms with Crippen molar-refractivity contribution >= 4 is 34.7 Å². The van der Waals surface area contributed by atoms with Gasteiger partial charge < -0.3 is 9.64 Å². The zero-order valence-electron chi connectivity index (χ0n) is 17.1. The second kappa shape index (κ2) is 9.02. The number of benzene rings is 2. The van der Waals surface area contributed by atoms with E-state index in [4.69, 9.17) is 16.3 Å². The first-order chi connectivity index (χ1) is 14.6. The van der Waals surface area contributed by atoms with E-state index in [0.29, 0.717) is 53.8 Å². The molecule has 1 saturated heterocycles. The maximum atomic E-state index is 13.5. The predicted molar refractivity (Wildman–Crippen MR) is 118 cm³/mol. The summed E-state index contributed by atoms with van der Waals surface area (Å²) in [5.41, 5.74) is 3.37. The highest BCUT2D eigenvalue weighted by Crippen LogP contribution is 2.35. The van der Waals surface area contributed by atoms with Crippen LogP contribution in [-0.4, -0.2) is 43.0 Å². The first-order valence-corrected chi connectivity index (χ1v) is 10.8. The van der Waals surface area contributed by atoms with Crippen LogP contribution in [0, 0.1) is 0 Å². The van der Waals surface area contributed by atoms with Crippen LogP contribution in [0.2, 0.25) is 5.02 Å². The Morgan fingerprint density at radius 1 is 0.933 bits per heavy atom. The van der Waals surface area contributed by atoms with Crippen LogP contribution >= 0.6 is 11.6 Å². The molecule has 2 aliphatic rings. The number of amides is 2. The molecule has 0 atom stereocenters. The van der Waals surface area contributed by atoms with Gasteiger partial charge in [0.25, 0.3) is 11.8 Å². The van der Waals surface area contributed by atoms with Gasteiger partial charge in [0.1, 0.15) is 5.70 Å². The fraction of sp³-hybridized carbons (Fsp3) is 0.333. The number of aryl methyl sites for hydroxylation is 1. The van der Waals surface area contributed by atoms with Crippen molar-refractivity contribution in [2.24, 2.45) is 0 Å². The first-order valence-electron chi connectivity index (χ1n) is 10.4. The molecule has 4 rings (SSSR count). The Labute approximate surface area is 181 Å². The van der Waals surface area contributed by atoms with Crippen molar-refractivity contribution in [3.8, 4) is 0 Å². The Morgan fingerprint density at radius 3 is 2.23 bits per heavy atom. The molecule has 0 spiro atoms. The smallest absolute Gasteiger partial charge is 0.282 e. The van der Waals surface area contributed by atoms with Crippen LogP contribution in [0.5, 0.6) is 0 Å². The molecule has 2 aliphatic heterocycles. The van der Waals surface area contributed by atoms with Gasteiger partial charge in [-0.25, -0.2) is 4.90 Å². The van der Waals surface area contributed by atoms with E-state index in [1.807, 2.05) is 29.2 Å². The number of hydrogen-bond acceptors (Lipinski definition) is 4. The minimum absolute atomic E-state index is 0.284. The highest BCUT2D eigenvalue weighted by atomic mass is 35.5. The molecule has 2 amide bonds. The van der Waals surface area contributed by atoms with Crippen molar-refractivity contribution in [3.63, 3.8) is 0 Å². The average molecular weight is 425 g/mol. The van der Waals surface area contributed by atoms with Gasteiger partial charge in [0, 0.05) is 18.1 Å². The highest BCUT2D eigenvalue weighted by Gasteiger charge is 2.42. The maximum absolute atomic E-state index is 13.5. The largest absolute Gasteiger partial charge is 0.378 e. The van der Waals surface area contributed by atoms with Gasteiger partial charge in [-0.05, 0) is 48.2 Å². The zero-order valence-corrected chi connectivity index (χ0v) is 17.8. The number of ether oxygens (including phenoxy) is 1. The number of unbranched alkanes of at least 4 members (excludes halogenated alkanes) is 1. The number of hydrogen-bond donors (Lipinski definition) is 0. The molecule has 0 bridgehead atoms. The Bertz CT molecular complexity index is 961. The third kappa shape index (κ3) is 4.00. The number of imide groups is 1. The number of carbonyl (C=O) groups excluding carboxylic acids is 2. The summed E-state index contributed by atoms with van der Waals surface area (Å²) in [7, 11) is 0. The Kier molecular flexibility index (Phi) is 6.21. The van der Waals surface area contributed by atoms with Gasteiger partial charge in [-0.15, -0.1) is 0 Å². The van der Waals surface area contributed by atoms with Crippen LogP contribution in [0.4, 0.5) is 5.69 Å². The van der Waals surface area contributed by atoms with Crippen molar-refractivity contribution in [1.29, 1.82) is 0 Å². The molecule has 1 fully saturated rings. The van der Waals surface area contributed by atoms with E-state index < -0.39 is 0 Å². The molecule has 2 aromatic carbocycles. The van der Waals surface area contributed by atoms with Crippen molar-refractivity contribution in [3.05, 3.63) is 70.4 Å². The SMILES string of the molecule is CCCCc1ccc(N2C(=O)C(c3ccc(Cl)cc3)=C(N3CCOCC3)C2=O)cc1. The predicted octanol–water partition coefficient (Wildman–Crippen LogP) is 4.30. The summed E-state index contributed by atoms with van der Waals surface area (Å²) in [5.74, 6) is -0.585. The van der Waals surface area contributed by atoms with Crippen molar-refractivity contribution in [2.45, 2.75) is 26.2 Å². The molecule has 0 radical (unpaired) electrons. The Hall–Kier alpha value is -2.63. The van der Waals surface area contributed by atoms with Gasteiger partial charge >= 0.3 is 0 Å². The zero-order chi connectivity index (χ0) is 21.1. The molecular formula is C24H25ClN2O3. The molecule has 156 valence electrons. The summed E-state index contributed by atoms with van der Waals surface area (Å²) < 4.78 is 5.44. The van der Waals surface area contributed by atoms with Crippen molar-refractivity contribution in [1.82, 2.24) is 4.90 Å². The second-order valence-corrected chi connectivity index (χ2v) is 7.98. The van der Waals surface area contributed by atoms with E-state index in [1.54, 1.807) is 24.3 Å². The third-order valence-electron chi connectivity index (χ3n) is 5.53. The second-order valence-electron chi connectivity index (χ2n) is 7.55. The lowest BCUT2D eigenvalue weighted by atomic mass is 10.0. The van der Waals surface area contributed by atoms with Gasteiger partial charge in [0.05, 0.1) is 24.5 Å². The van der Waals surface area contributed by atoms with E-state index >= 15 is 0 Å². The highest BCUT2D eigenvalue weighted by molar-refractivity contribution is 6.45. The summed E-state index contributed by atoms with van der Waals surface area (Å²) in [6.07, 6.45) is 3.23. The van der Waals surface area contributed by atoms with Crippen LogP contribution in [0.1, 0.15) is 30.9 Å². The van der Waals surface area contributed by atoms with Crippen LogP contribution in [0.3, 0.4) is 0 Å². The first kappa shape index (κ1) is 20.6. The van der Waals surface area contributed by atoms with Gasteiger partial charge in [-0.1, -0.05) is 49.2 Å². The topological polar surface area (TPSA) is 49.9 Å². The van der Waals surface area contributed by atoms with E-state index in [0.717, 1.165) is 19.3 Å². The fourth-order valence-corrected chi connectivity index (χ4v) is 4.03. The fourth-order valence-electron chi connectivity index (χ4n) is 3.90. The Balaban J connectivity index is 1.71. The van der Waals surface area contributed by atoms with E-state index in [9.17, 15) is 9.59 Å². The minimum atomic E-state index is -0.301. The van der Waals surface area contributed by atoms with Crippen molar-refractivity contribution in [2.75, 3.05) is 31.2 Å². The summed E-state index contributed by atoms with van der Waals surface area (Å²) >= 11 is 6.04. The van der Waals surface area contributed by atoms with Gasteiger partial charge in [0.2, 0.25) is 0 Å². The quantitative estimate of drug-likeness (QED) is 0.649. The Morgan fingerprint density at radius 2 is 1.60 bits per heavy atom. The summed E-state index contributed by atoms with van der Waals surface area (Å²) in [5, 5.41) is 0.587. The lowest BCUT2D eigenvalue weighted by Crippen LogP contribution is -2.40. The van der Waals surface area contributed by atoms with Gasteiger partial charge in [0.15, 0.2) is 0 Å². The monoisotopic (exact) mass is 424 g/mol. The molecular weight excluding hydrogens is 400 g/mol. The standard InChI is InChI=1S/C24H25ClN2O3/c1-2-3-4-17-5-11-20(12-6-17)27-23(28)21(18-7-9-19(25)10-8-18)22(24(27)29)26-13-15-30-16-14-26/h5-12H,2-4,13-16H2,1H3. The van der Waals surface area contributed by atoms with Crippen LogP contribution in [0.15, 0.2) is 54.2 Å². The average Bonchev–Trinajstić information content (AvgIpc) is 3.04. The lowest BCUT2D eigenvalue weighted by Gasteiger charge is -2.29. The molecule has 2 aromatic rings. The molecule has 6 heteroatoms. The molecule has 0 N–H and O–H groups in total. The van der Waals surface area contributed by atoms with E-state index in [-0.39, 0.29) is 11.8 Å². The molecule has 0 aromatic heterocycles. The number of morpholine rings is 1. The van der Waals surface area contributed by atoms with Crippen molar-refractivity contribution < 1.29 is 14.3 Å². The van der Waals surface area contributed by atoms with Crippen LogP contribution in [0.25, 0.3) is 5.57 Å².